The van der Waals surface area contributed by atoms with Gasteiger partial charge in [-0.2, -0.15) is 0 Å². The van der Waals surface area contributed by atoms with E-state index in [9.17, 15) is 9.59 Å². The van der Waals surface area contributed by atoms with Gasteiger partial charge in [0.2, 0.25) is 5.91 Å². The summed E-state index contributed by atoms with van der Waals surface area (Å²) in [6, 6.07) is 7.35. The number of aromatic nitrogens is 1. The highest BCUT2D eigenvalue weighted by molar-refractivity contribution is 7.15. The highest BCUT2D eigenvalue weighted by atomic mass is 32.1. The Hall–Kier alpha value is -2.25. The van der Waals surface area contributed by atoms with Crippen LogP contribution >= 0.6 is 11.3 Å². The number of nitrogens with one attached hydrogen (secondary N) is 3. The molecule has 0 atom stereocenters. The molecule has 1 aliphatic heterocycles. The Balaban J connectivity index is 1.51. The second-order valence-corrected chi connectivity index (χ2v) is 7.48. The van der Waals surface area contributed by atoms with E-state index in [-0.39, 0.29) is 11.8 Å². The number of amides is 2. The van der Waals surface area contributed by atoms with E-state index in [4.69, 9.17) is 0 Å². The Morgan fingerprint density at radius 3 is 2.88 bits per heavy atom. The monoisotopic (exact) mass is 372 g/mol. The van der Waals surface area contributed by atoms with Crippen molar-refractivity contribution in [3.63, 3.8) is 0 Å². The second-order valence-electron chi connectivity index (χ2n) is 6.42. The van der Waals surface area contributed by atoms with Gasteiger partial charge in [0.25, 0.3) is 5.91 Å². The van der Waals surface area contributed by atoms with Gasteiger partial charge in [-0.15, -0.1) is 11.3 Å². The topological polar surface area (TPSA) is 83.1 Å². The zero-order valence-electron chi connectivity index (χ0n) is 14.9. The summed E-state index contributed by atoms with van der Waals surface area (Å²) in [5.74, 6) is 0.373. The number of nitrogens with zero attached hydrogens (tertiary/aromatic N) is 1. The van der Waals surface area contributed by atoms with Crippen LogP contribution in [0.3, 0.4) is 0 Å². The number of carbonyl (C=O) groups excluding carboxylic acids is 2. The third-order valence-corrected chi connectivity index (χ3v) is 5.64. The minimum atomic E-state index is -0.121. The van der Waals surface area contributed by atoms with Crippen LogP contribution in [0, 0.1) is 0 Å². The van der Waals surface area contributed by atoms with E-state index >= 15 is 0 Å². The van der Waals surface area contributed by atoms with Crippen molar-refractivity contribution in [2.75, 3.05) is 25.5 Å². The summed E-state index contributed by atoms with van der Waals surface area (Å²) in [5, 5.41) is 9.53. The van der Waals surface area contributed by atoms with Gasteiger partial charge in [0.05, 0.1) is 0 Å². The van der Waals surface area contributed by atoms with Crippen molar-refractivity contribution in [1.82, 2.24) is 15.6 Å². The molecule has 1 aromatic heterocycles. The quantitative estimate of drug-likeness (QED) is 0.728. The SMILES string of the molecule is CNC(=O)c1cccc(CCC(=O)Nc2ncc(C3CCNCC3)s2)c1. The smallest absolute Gasteiger partial charge is 0.251 e. The molecule has 0 saturated carbocycles. The normalized spacial score (nSPS) is 14.8. The number of benzene rings is 1. The average molecular weight is 372 g/mol. The van der Waals surface area contributed by atoms with Crippen LogP contribution in [-0.4, -0.2) is 36.9 Å². The molecule has 0 radical (unpaired) electrons. The van der Waals surface area contributed by atoms with Crippen LogP contribution in [0.5, 0.6) is 0 Å². The van der Waals surface area contributed by atoms with Gasteiger partial charge in [0, 0.05) is 30.1 Å². The molecule has 1 fully saturated rings. The molecule has 0 aliphatic carbocycles. The van der Waals surface area contributed by atoms with E-state index in [1.807, 2.05) is 24.4 Å². The molecular weight excluding hydrogens is 348 g/mol. The van der Waals surface area contributed by atoms with Crippen LogP contribution in [0.1, 0.15) is 46.0 Å². The summed E-state index contributed by atoms with van der Waals surface area (Å²) < 4.78 is 0. The number of rotatable bonds is 6. The number of hydrogen-bond acceptors (Lipinski definition) is 5. The molecule has 3 rings (SSSR count). The lowest BCUT2D eigenvalue weighted by molar-refractivity contribution is -0.116. The number of anilines is 1. The standard InChI is InChI=1S/C19H24N4O2S/c1-20-18(25)15-4-2-3-13(11-15)5-6-17(24)23-19-22-12-16(26-19)14-7-9-21-10-8-14/h2-4,11-12,14,21H,5-10H2,1H3,(H,20,25)(H,22,23,24). The summed E-state index contributed by atoms with van der Waals surface area (Å²) in [6.07, 6.45) is 5.08. The van der Waals surface area contributed by atoms with E-state index in [0.29, 0.717) is 29.5 Å². The summed E-state index contributed by atoms with van der Waals surface area (Å²) in [5.41, 5.74) is 1.58. The molecule has 138 valence electrons. The fourth-order valence-corrected chi connectivity index (χ4v) is 4.09. The molecule has 1 saturated heterocycles. The van der Waals surface area contributed by atoms with Crippen LogP contribution in [-0.2, 0) is 11.2 Å². The zero-order valence-corrected chi connectivity index (χ0v) is 15.7. The second kappa shape index (κ2) is 8.91. The Morgan fingerprint density at radius 1 is 1.31 bits per heavy atom. The van der Waals surface area contributed by atoms with Crippen molar-refractivity contribution in [3.8, 4) is 0 Å². The van der Waals surface area contributed by atoms with Gasteiger partial charge in [-0.05, 0) is 56.0 Å². The fraction of sp³-hybridized carbons (Fsp3) is 0.421. The maximum absolute atomic E-state index is 12.2. The molecule has 3 N–H and O–H groups in total. The minimum Gasteiger partial charge on any atom is -0.355 e. The van der Waals surface area contributed by atoms with E-state index in [1.54, 1.807) is 24.5 Å². The van der Waals surface area contributed by atoms with Crippen LogP contribution in [0.25, 0.3) is 0 Å². The third-order valence-electron chi connectivity index (χ3n) is 4.57. The maximum Gasteiger partial charge on any atom is 0.251 e. The van der Waals surface area contributed by atoms with Crippen molar-refractivity contribution in [3.05, 3.63) is 46.5 Å². The van der Waals surface area contributed by atoms with Crippen molar-refractivity contribution >= 4 is 28.3 Å². The molecule has 26 heavy (non-hydrogen) atoms. The lowest BCUT2D eigenvalue weighted by Crippen LogP contribution is -2.26. The molecule has 2 aromatic rings. The number of hydrogen-bond donors (Lipinski definition) is 3. The van der Waals surface area contributed by atoms with Gasteiger partial charge in [-0.25, -0.2) is 4.98 Å². The van der Waals surface area contributed by atoms with E-state index < -0.39 is 0 Å². The Bertz CT molecular complexity index is 768. The highest BCUT2D eigenvalue weighted by Gasteiger charge is 2.18. The first-order chi connectivity index (χ1) is 12.7. The van der Waals surface area contributed by atoms with Crippen molar-refractivity contribution in [2.24, 2.45) is 0 Å². The van der Waals surface area contributed by atoms with Gasteiger partial charge in [0.15, 0.2) is 5.13 Å². The Kier molecular flexibility index (Phi) is 6.35. The van der Waals surface area contributed by atoms with Crippen molar-refractivity contribution in [2.45, 2.75) is 31.6 Å². The summed E-state index contributed by atoms with van der Waals surface area (Å²) in [7, 11) is 1.61. The zero-order chi connectivity index (χ0) is 18.4. The van der Waals surface area contributed by atoms with E-state index in [1.165, 1.54) is 4.88 Å². The average Bonchev–Trinajstić information content (AvgIpc) is 3.15. The molecule has 6 nitrogen and oxygen atoms in total. The summed E-state index contributed by atoms with van der Waals surface area (Å²) in [4.78, 5) is 29.5. The number of thiazole rings is 1. The first-order valence-electron chi connectivity index (χ1n) is 8.93. The van der Waals surface area contributed by atoms with Gasteiger partial charge in [-0.3, -0.25) is 9.59 Å². The van der Waals surface area contributed by atoms with Gasteiger partial charge in [-0.1, -0.05) is 12.1 Å². The molecule has 7 heteroatoms. The number of aryl methyl sites for hydroxylation is 1. The molecule has 1 aromatic carbocycles. The number of carbonyl (C=O) groups is 2. The largest absolute Gasteiger partial charge is 0.355 e. The molecule has 2 heterocycles. The summed E-state index contributed by atoms with van der Waals surface area (Å²) in [6.45, 7) is 2.08. The van der Waals surface area contributed by atoms with E-state index in [2.05, 4.69) is 20.9 Å². The lowest BCUT2D eigenvalue weighted by atomic mass is 9.97. The molecule has 1 aliphatic rings. The first-order valence-corrected chi connectivity index (χ1v) is 9.74. The van der Waals surface area contributed by atoms with Crippen LogP contribution in [0.4, 0.5) is 5.13 Å². The Morgan fingerprint density at radius 2 is 2.12 bits per heavy atom. The van der Waals surface area contributed by atoms with Crippen molar-refractivity contribution < 1.29 is 9.59 Å². The first kappa shape index (κ1) is 18.5. The highest BCUT2D eigenvalue weighted by Crippen LogP contribution is 2.31. The Labute approximate surface area is 157 Å². The van der Waals surface area contributed by atoms with Crippen LogP contribution in [0.15, 0.2) is 30.5 Å². The predicted molar refractivity (Wildman–Crippen MR) is 104 cm³/mol. The van der Waals surface area contributed by atoms with Crippen LogP contribution < -0.4 is 16.0 Å². The molecule has 0 bridgehead atoms. The predicted octanol–water partition coefficient (Wildman–Crippen LogP) is 2.54. The number of piperidine rings is 1. The minimum absolute atomic E-state index is 0.0541. The lowest BCUT2D eigenvalue weighted by Gasteiger charge is -2.20. The molecule has 2 amide bonds. The maximum atomic E-state index is 12.2. The van der Waals surface area contributed by atoms with Crippen LogP contribution in [0.2, 0.25) is 0 Å². The van der Waals surface area contributed by atoms with Crippen molar-refractivity contribution in [1.29, 1.82) is 0 Å². The van der Waals surface area contributed by atoms with E-state index in [0.717, 1.165) is 31.5 Å². The third kappa shape index (κ3) is 4.89. The van der Waals surface area contributed by atoms with Gasteiger partial charge < -0.3 is 16.0 Å². The van der Waals surface area contributed by atoms with Gasteiger partial charge in [0.1, 0.15) is 0 Å². The summed E-state index contributed by atoms with van der Waals surface area (Å²) >= 11 is 1.57. The molecule has 0 unspecified atom stereocenters. The fourth-order valence-electron chi connectivity index (χ4n) is 3.09. The molecular formula is C19H24N4O2S. The van der Waals surface area contributed by atoms with Gasteiger partial charge >= 0.3 is 0 Å². The molecule has 0 spiro atoms.